The summed E-state index contributed by atoms with van der Waals surface area (Å²) in [7, 11) is 0. The Kier molecular flexibility index (Phi) is 4.60. The normalized spacial score (nSPS) is 24.3. The van der Waals surface area contributed by atoms with E-state index in [1.54, 1.807) is 0 Å². The quantitative estimate of drug-likeness (QED) is 0.555. The van der Waals surface area contributed by atoms with Crippen molar-refractivity contribution in [2.24, 2.45) is 0 Å². The van der Waals surface area contributed by atoms with Crippen LogP contribution in [0.1, 0.15) is 45.4 Å². The smallest absolute Gasteiger partial charge is 0.0607 e. The minimum atomic E-state index is 0.492. The first-order valence-electron chi connectivity index (χ1n) is 4.88. The van der Waals surface area contributed by atoms with Gasteiger partial charge in [-0.1, -0.05) is 26.2 Å². The maximum absolute atomic E-state index is 5.48. The summed E-state index contributed by atoms with van der Waals surface area (Å²) in [6.45, 7) is 3.22. The van der Waals surface area contributed by atoms with Crippen molar-refractivity contribution in [2.45, 2.75) is 51.6 Å². The molecule has 0 aromatic carbocycles. The van der Waals surface area contributed by atoms with E-state index in [9.17, 15) is 0 Å². The summed E-state index contributed by atoms with van der Waals surface area (Å²) in [5, 5.41) is 0. The average molecular weight is 155 g/mol. The molecular weight excluding hydrogens is 136 g/mol. The molecule has 0 saturated carbocycles. The van der Waals surface area contributed by atoms with Crippen LogP contribution in [-0.4, -0.2) is 12.7 Å². The zero-order valence-corrected chi connectivity index (χ0v) is 7.51. The minimum absolute atomic E-state index is 0.492. The largest absolute Gasteiger partial charge is 0.378 e. The van der Waals surface area contributed by atoms with E-state index in [-0.39, 0.29) is 0 Å². The molecule has 1 heterocycles. The van der Waals surface area contributed by atoms with E-state index < -0.39 is 0 Å². The van der Waals surface area contributed by atoms with Crippen LogP contribution in [-0.2, 0) is 4.74 Å². The fourth-order valence-electron chi connectivity index (χ4n) is 1.49. The lowest BCUT2D eigenvalue weighted by atomic mass is 10.1. The Bertz CT molecular complexity index is 84.9. The molecular formula is C10H19O. The lowest BCUT2D eigenvalue weighted by Gasteiger charge is -2.07. The maximum Gasteiger partial charge on any atom is 0.0607 e. The number of hydrogen-bond donors (Lipinski definition) is 0. The Morgan fingerprint density at radius 1 is 1.45 bits per heavy atom. The molecule has 0 bridgehead atoms. The second-order valence-corrected chi connectivity index (χ2v) is 3.28. The second kappa shape index (κ2) is 5.59. The highest BCUT2D eigenvalue weighted by atomic mass is 16.5. The predicted octanol–water partition coefficient (Wildman–Crippen LogP) is 2.95. The Balaban J connectivity index is 1.86. The molecule has 1 rings (SSSR count). The van der Waals surface area contributed by atoms with Gasteiger partial charge in [-0.15, -0.1) is 0 Å². The predicted molar refractivity (Wildman–Crippen MR) is 47.4 cm³/mol. The first kappa shape index (κ1) is 9.05. The second-order valence-electron chi connectivity index (χ2n) is 3.28. The SMILES string of the molecule is CCCCC[CH]C1CCCO1. The molecule has 1 fully saturated rings. The maximum atomic E-state index is 5.48. The van der Waals surface area contributed by atoms with Crippen LogP contribution in [0.5, 0.6) is 0 Å². The summed E-state index contributed by atoms with van der Waals surface area (Å²) < 4.78 is 5.48. The first-order chi connectivity index (χ1) is 5.43. The highest BCUT2D eigenvalue weighted by Gasteiger charge is 2.14. The molecule has 0 amide bonds. The summed E-state index contributed by atoms with van der Waals surface area (Å²) in [5.74, 6) is 0. The van der Waals surface area contributed by atoms with E-state index in [0.29, 0.717) is 6.10 Å². The summed E-state index contributed by atoms with van der Waals surface area (Å²) in [4.78, 5) is 0. The Hall–Kier alpha value is -0.0400. The molecule has 1 radical (unpaired) electrons. The van der Waals surface area contributed by atoms with E-state index >= 15 is 0 Å². The molecule has 0 aromatic heterocycles. The van der Waals surface area contributed by atoms with Crippen molar-refractivity contribution in [2.75, 3.05) is 6.61 Å². The summed E-state index contributed by atoms with van der Waals surface area (Å²) >= 11 is 0. The highest BCUT2D eigenvalue weighted by Crippen LogP contribution is 2.17. The van der Waals surface area contributed by atoms with Gasteiger partial charge < -0.3 is 4.74 Å². The van der Waals surface area contributed by atoms with Gasteiger partial charge >= 0.3 is 0 Å². The molecule has 1 heteroatoms. The van der Waals surface area contributed by atoms with Gasteiger partial charge in [0.15, 0.2) is 0 Å². The lowest BCUT2D eigenvalue weighted by molar-refractivity contribution is 0.131. The van der Waals surface area contributed by atoms with Crippen LogP contribution in [0.25, 0.3) is 0 Å². The number of ether oxygens (including phenoxy) is 1. The first-order valence-corrected chi connectivity index (χ1v) is 4.88. The van der Waals surface area contributed by atoms with Gasteiger partial charge in [0.1, 0.15) is 0 Å². The van der Waals surface area contributed by atoms with Crippen LogP contribution in [0.4, 0.5) is 0 Å². The molecule has 1 nitrogen and oxygen atoms in total. The lowest BCUT2D eigenvalue weighted by Crippen LogP contribution is -2.04. The topological polar surface area (TPSA) is 9.23 Å². The van der Waals surface area contributed by atoms with Gasteiger partial charge in [0.2, 0.25) is 0 Å². The Labute approximate surface area is 70.1 Å². The van der Waals surface area contributed by atoms with Crippen LogP contribution < -0.4 is 0 Å². The van der Waals surface area contributed by atoms with Gasteiger partial charge in [-0.25, -0.2) is 0 Å². The summed E-state index contributed by atoms with van der Waals surface area (Å²) in [6, 6.07) is 0. The van der Waals surface area contributed by atoms with Crippen LogP contribution in [0, 0.1) is 6.42 Å². The van der Waals surface area contributed by atoms with Crippen LogP contribution in [0.3, 0.4) is 0 Å². The molecule has 0 N–H and O–H groups in total. The van der Waals surface area contributed by atoms with Crippen molar-refractivity contribution in [1.29, 1.82) is 0 Å². The Morgan fingerprint density at radius 2 is 2.36 bits per heavy atom. The minimum Gasteiger partial charge on any atom is -0.378 e. The average Bonchev–Trinajstić information content (AvgIpc) is 2.50. The zero-order valence-electron chi connectivity index (χ0n) is 7.51. The molecule has 1 aliphatic heterocycles. The standard InChI is InChI=1S/C10H19O/c1-2-3-4-5-7-10-8-6-9-11-10/h7,10H,2-6,8-9H2,1H3. The molecule has 0 spiro atoms. The number of hydrogen-bond acceptors (Lipinski definition) is 1. The van der Waals surface area contributed by atoms with Gasteiger partial charge in [0, 0.05) is 6.61 Å². The Morgan fingerprint density at radius 3 is 3.00 bits per heavy atom. The van der Waals surface area contributed by atoms with E-state index in [1.807, 2.05) is 0 Å². The molecule has 1 aliphatic rings. The zero-order chi connectivity index (χ0) is 7.94. The molecule has 1 unspecified atom stereocenters. The fourth-order valence-corrected chi connectivity index (χ4v) is 1.49. The number of unbranched alkanes of at least 4 members (excludes halogenated alkanes) is 3. The van der Waals surface area contributed by atoms with Crippen molar-refractivity contribution in [3.05, 3.63) is 6.42 Å². The third-order valence-corrected chi connectivity index (χ3v) is 2.20. The van der Waals surface area contributed by atoms with Crippen molar-refractivity contribution < 1.29 is 4.74 Å². The van der Waals surface area contributed by atoms with E-state index in [4.69, 9.17) is 4.74 Å². The number of rotatable bonds is 5. The van der Waals surface area contributed by atoms with Crippen LogP contribution in [0.2, 0.25) is 0 Å². The van der Waals surface area contributed by atoms with Gasteiger partial charge in [-0.05, 0) is 25.7 Å². The van der Waals surface area contributed by atoms with Crippen molar-refractivity contribution >= 4 is 0 Å². The van der Waals surface area contributed by atoms with Gasteiger partial charge in [0.05, 0.1) is 6.10 Å². The molecule has 65 valence electrons. The molecule has 1 atom stereocenters. The van der Waals surface area contributed by atoms with Crippen molar-refractivity contribution in [1.82, 2.24) is 0 Å². The molecule has 11 heavy (non-hydrogen) atoms. The van der Waals surface area contributed by atoms with E-state index in [0.717, 1.165) is 6.61 Å². The fraction of sp³-hybridized carbons (Fsp3) is 0.900. The third kappa shape index (κ3) is 3.76. The highest BCUT2D eigenvalue weighted by molar-refractivity contribution is 4.80. The summed E-state index contributed by atoms with van der Waals surface area (Å²) in [5.41, 5.74) is 0. The monoisotopic (exact) mass is 155 g/mol. The van der Waals surface area contributed by atoms with E-state index in [1.165, 1.54) is 38.5 Å². The van der Waals surface area contributed by atoms with Gasteiger partial charge in [-0.3, -0.25) is 0 Å². The van der Waals surface area contributed by atoms with Crippen molar-refractivity contribution in [3.63, 3.8) is 0 Å². The van der Waals surface area contributed by atoms with Crippen LogP contribution in [0.15, 0.2) is 0 Å². The molecule has 0 aromatic rings. The van der Waals surface area contributed by atoms with Crippen molar-refractivity contribution in [3.8, 4) is 0 Å². The van der Waals surface area contributed by atoms with Gasteiger partial charge in [0.25, 0.3) is 0 Å². The molecule has 1 saturated heterocycles. The summed E-state index contributed by atoms with van der Waals surface area (Å²) in [6.07, 6.45) is 10.6. The molecule has 0 aliphatic carbocycles. The van der Waals surface area contributed by atoms with Crippen LogP contribution >= 0.6 is 0 Å². The van der Waals surface area contributed by atoms with E-state index in [2.05, 4.69) is 13.3 Å². The van der Waals surface area contributed by atoms with Gasteiger partial charge in [-0.2, -0.15) is 0 Å². The third-order valence-electron chi connectivity index (χ3n) is 2.20.